The van der Waals surface area contributed by atoms with Gasteiger partial charge in [-0.2, -0.15) is 0 Å². The monoisotopic (exact) mass is 412 g/mol. The summed E-state index contributed by atoms with van der Waals surface area (Å²) in [7, 11) is 0. The van der Waals surface area contributed by atoms with Gasteiger partial charge < -0.3 is 13.9 Å². The molecule has 0 radical (unpaired) electrons. The molecule has 0 spiro atoms. The van der Waals surface area contributed by atoms with Crippen LogP contribution in [0.2, 0.25) is 0 Å². The zero-order valence-corrected chi connectivity index (χ0v) is 17.1. The number of aryl methyl sites for hydroxylation is 2. The summed E-state index contributed by atoms with van der Waals surface area (Å²) in [6.45, 7) is 3.86. The van der Waals surface area contributed by atoms with Crippen molar-refractivity contribution in [2.45, 2.75) is 13.8 Å². The van der Waals surface area contributed by atoms with Crippen LogP contribution in [-0.2, 0) is 4.79 Å². The van der Waals surface area contributed by atoms with E-state index in [2.05, 4.69) is 0 Å². The second kappa shape index (κ2) is 8.71. The van der Waals surface area contributed by atoms with Crippen molar-refractivity contribution in [3.05, 3.63) is 106 Å². The molecule has 5 nitrogen and oxygen atoms in total. The fourth-order valence-electron chi connectivity index (χ4n) is 3.04. The van der Waals surface area contributed by atoms with Gasteiger partial charge in [-0.05, 0) is 54.8 Å². The van der Waals surface area contributed by atoms with Gasteiger partial charge >= 0.3 is 5.97 Å². The molecule has 4 aromatic rings. The molecular formula is C26H20O5. The van der Waals surface area contributed by atoms with Gasteiger partial charge in [-0.1, -0.05) is 42.5 Å². The molecule has 1 heterocycles. The van der Waals surface area contributed by atoms with Crippen LogP contribution in [0.1, 0.15) is 16.7 Å². The van der Waals surface area contributed by atoms with Gasteiger partial charge in [-0.3, -0.25) is 4.79 Å². The highest BCUT2D eigenvalue weighted by molar-refractivity contribution is 5.89. The number of hydrogen-bond acceptors (Lipinski definition) is 5. The molecular weight excluding hydrogens is 392 g/mol. The third-order valence-corrected chi connectivity index (χ3v) is 4.71. The molecule has 0 saturated carbocycles. The minimum atomic E-state index is -0.527. The van der Waals surface area contributed by atoms with Gasteiger partial charge in [0.25, 0.3) is 0 Å². The average Bonchev–Trinajstić information content (AvgIpc) is 2.77. The van der Waals surface area contributed by atoms with Crippen molar-refractivity contribution in [1.82, 2.24) is 0 Å². The van der Waals surface area contributed by atoms with E-state index in [9.17, 15) is 9.59 Å². The molecule has 154 valence electrons. The van der Waals surface area contributed by atoms with Crippen LogP contribution in [0, 0.1) is 13.8 Å². The Kier molecular flexibility index (Phi) is 5.67. The minimum absolute atomic E-state index is 0.0942. The Morgan fingerprint density at radius 3 is 2.55 bits per heavy atom. The quantitative estimate of drug-likeness (QED) is 0.235. The first-order valence-electron chi connectivity index (χ1n) is 9.75. The zero-order chi connectivity index (χ0) is 21.8. The largest absolute Gasteiger partial charge is 0.460 e. The second-order valence-electron chi connectivity index (χ2n) is 7.12. The summed E-state index contributed by atoms with van der Waals surface area (Å²) in [5.41, 5.74) is 2.83. The molecule has 0 bridgehead atoms. The normalized spacial score (nSPS) is 11.0. The Morgan fingerprint density at radius 1 is 0.935 bits per heavy atom. The van der Waals surface area contributed by atoms with Crippen molar-refractivity contribution in [3.8, 4) is 17.2 Å². The number of esters is 1. The van der Waals surface area contributed by atoms with Crippen molar-refractivity contribution in [2.24, 2.45) is 0 Å². The summed E-state index contributed by atoms with van der Waals surface area (Å²) in [6, 6.07) is 19.8. The standard InChI is InChI=1S/C26H20O5/c1-17-8-9-18(2)22(14-17)31-24-16-29-23-15-20(11-12-21(23)26(24)28)30-25(27)13-10-19-6-4-3-5-7-19/h3-16H,1-2H3. The third kappa shape index (κ3) is 4.73. The van der Waals surface area contributed by atoms with E-state index in [1.54, 1.807) is 18.2 Å². The Bertz CT molecular complexity index is 1330. The lowest BCUT2D eigenvalue weighted by molar-refractivity contribution is -0.128. The number of ether oxygens (including phenoxy) is 2. The summed E-state index contributed by atoms with van der Waals surface area (Å²) < 4.78 is 16.7. The molecule has 0 aliphatic carbocycles. The van der Waals surface area contributed by atoms with Gasteiger partial charge in [0.2, 0.25) is 11.2 Å². The topological polar surface area (TPSA) is 65.7 Å². The van der Waals surface area contributed by atoms with Crippen molar-refractivity contribution in [1.29, 1.82) is 0 Å². The van der Waals surface area contributed by atoms with Gasteiger partial charge in [0.05, 0.1) is 5.39 Å². The number of rotatable bonds is 5. The summed E-state index contributed by atoms with van der Waals surface area (Å²) in [5.74, 6) is 0.445. The SMILES string of the molecule is Cc1ccc(C)c(Oc2coc3cc(OC(=O)C=Cc4ccccc4)ccc3c2=O)c1. The van der Waals surface area contributed by atoms with Crippen molar-refractivity contribution < 1.29 is 18.7 Å². The summed E-state index contributed by atoms with van der Waals surface area (Å²) in [5, 5.41) is 0.336. The minimum Gasteiger partial charge on any atom is -0.460 e. The van der Waals surface area contributed by atoms with Gasteiger partial charge in [0.15, 0.2) is 0 Å². The van der Waals surface area contributed by atoms with E-state index in [0.29, 0.717) is 16.7 Å². The van der Waals surface area contributed by atoms with Crippen LogP contribution in [0.5, 0.6) is 17.2 Å². The lowest BCUT2D eigenvalue weighted by atomic mass is 10.1. The molecule has 1 aromatic heterocycles. The first kappa shape index (κ1) is 20.2. The Labute approximate surface area is 179 Å². The van der Waals surface area contributed by atoms with E-state index in [1.165, 1.54) is 18.4 Å². The van der Waals surface area contributed by atoms with Gasteiger partial charge in [-0.25, -0.2) is 4.79 Å². The van der Waals surface area contributed by atoms with Crippen LogP contribution in [0.25, 0.3) is 17.0 Å². The summed E-state index contributed by atoms with van der Waals surface area (Å²) in [4.78, 5) is 24.9. The molecule has 0 amide bonds. The van der Waals surface area contributed by atoms with E-state index in [0.717, 1.165) is 16.7 Å². The highest BCUT2D eigenvalue weighted by Gasteiger charge is 2.12. The van der Waals surface area contributed by atoms with E-state index < -0.39 is 5.97 Å². The van der Waals surface area contributed by atoms with Crippen molar-refractivity contribution >= 4 is 23.0 Å². The second-order valence-corrected chi connectivity index (χ2v) is 7.12. The lowest BCUT2D eigenvalue weighted by Gasteiger charge is -2.09. The maximum Gasteiger partial charge on any atom is 0.336 e. The molecule has 0 N–H and O–H groups in total. The van der Waals surface area contributed by atoms with Gasteiger partial charge in [0.1, 0.15) is 23.3 Å². The van der Waals surface area contributed by atoms with E-state index in [1.807, 2.05) is 62.4 Å². The maximum atomic E-state index is 12.8. The molecule has 0 aliphatic heterocycles. The fourth-order valence-corrected chi connectivity index (χ4v) is 3.04. The van der Waals surface area contributed by atoms with E-state index in [4.69, 9.17) is 13.9 Å². The van der Waals surface area contributed by atoms with Crippen LogP contribution in [0.4, 0.5) is 0 Å². The van der Waals surface area contributed by atoms with Crippen LogP contribution in [-0.4, -0.2) is 5.97 Å². The number of fused-ring (bicyclic) bond motifs is 1. The van der Waals surface area contributed by atoms with Crippen LogP contribution in [0.3, 0.4) is 0 Å². The van der Waals surface area contributed by atoms with Gasteiger partial charge in [0, 0.05) is 12.1 Å². The molecule has 0 fully saturated rings. The predicted octanol–water partition coefficient (Wildman–Crippen LogP) is 5.82. The van der Waals surface area contributed by atoms with Crippen LogP contribution >= 0.6 is 0 Å². The molecule has 5 heteroatoms. The van der Waals surface area contributed by atoms with Crippen molar-refractivity contribution in [2.75, 3.05) is 0 Å². The molecule has 0 atom stereocenters. The molecule has 0 aliphatic rings. The smallest absolute Gasteiger partial charge is 0.336 e. The Hall–Kier alpha value is -4.12. The van der Waals surface area contributed by atoms with E-state index in [-0.39, 0.29) is 16.9 Å². The van der Waals surface area contributed by atoms with Crippen molar-refractivity contribution in [3.63, 3.8) is 0 Å². The van der Waals surface area contributed by atoms with Gasteiger partial charge in [-0.15, -0.1) is 0 Å². The molecule has 0 unspecified atom stereocenters. The van der Waals surface area contributed by atoms with Crippen LogP contribution in [0.15, 0.2) is 88.3 Å². The predicted molar refractivity (Wildman–Crippen MR) is 120 cm³/mol. The number of carbonyl (C=O) groups is 1. The summed E-state index contributed by atoms with van der Waals surface area (Å²) in [6.07, 6.45) is 4.28. The third-order valence-electron chi connectivity index (χ3n) is 4.71. The fraction of sp³-hybridized carbons (Fsp3) is 0.0769. The number of benzene rings is 3. The maximum absolute atomic E-state index is 12.8. The summed E-state index contributed by atoms with van der Waals surface area (Å²) >= 11 is 0. The molecule has 0 saturated heterocycles. The van der Waals surface area contributed by atoms with Crippen LogP contribution < -0.4 is 14.9 Å². The first-order chi connectivity index (χ1) is 15.0. The zero-order valence-electron chi connectivity index (χ0n) is 17.1. The highest BCUT2D eigenvalue weighted by Crippen LogP contribution is 2.27. The molecule has 4 rings (SSSR count). The molecule has 3 aromatic carbocycles. The number of hydrogen-bond donors (Lipinski definition) is 0. The lowest BCUT2D eigenvalue weighted by Crippen LogP contribution is -2.07. The number of carbonyl (C=O) groups excluding carboxylic acids is 1. The first-order valence-corrected chi connectivity index (χ1v) is 9.75. The molecule has 31 heavy (non-hydrogen) atoms. The Balaban J connectivity index is 1.54. The highest BCUT2D eigenvalue weighted by atomic mass is 16.5. The average molecular weight is 412 g/mol. The van der Waals surface area contributed by atoms with E-state index >= 15 is 0 Å². The Morgan fingerprint density at radius 2 is 1.74 bits per heavy atom.